The van der Waals surface area contributed by atoms with Crippen molar-refractivity contribution in [1.29, 1.82) is 0 Å². The first-order valence-corrected chi connectivity index (χ1v) is 6.53. The van der Waals surface area contributed by atoms with Crippen molar-refractivity contribution in [3.8, 4) is 0 Å². The van der Waals surface area contributed by atoms with Gasteiger partial charge in [0, 0.05) is 19.0 Å². The molecule has 1 heterocycles. The third-order valence-corrected chi connectivity index (χ3v) is 3.45. The van der Waals surface area contributed by atoms with Gasteiger partial charge in [-0.05, 0) is 32.7 Å². The van der Waals surface area contributed by atoms with Gasteiger partial charge in [-0.15, -0.1) is 0 Å². The Morgan fingerprint density at radius 3 is 2.75 bits per heavy atom. The second-order valence-corrected chi connectivity index (χ2v) is 4.98. The van der Waals surface area contributed by atoms with Gasteiger partial charge in [0.15, 0.2) is 0 Å². The van der Waals surface area contributed by atoms with Crippen molar-refractivity contribution in [2.75, 3.05) is 13.1 Å². The summed E-state index contributed by atoms with van der Waals surface area (Å²) in [5, 5.41) is 0. The minimum Gasteiger partial charge on any atom is -0.300 e. The molecule has 0 aromatic heterocycles. The molecule has 92 valence electrons. The lowest BCUT2D eigenvalue weighted by atomic mass is 10.0. The quantitative estimate of drug-likeness (QED) is 0.667. The highest BCUT2D eigenvalue weighted by Crippen LogP contribution is 2.20. The number of carbonyl (C=O) groups excluding carboxylic acids is 1. The summed E-state index contributed by atoms with van der Waals surface area (Å²) in [6.07, 6.45) is 6.79. The molecule has 1 rings (SSSR count). The fraction of sp³-hybridized carbons (Fsp3) is 0.786. The zero-order valence-corrected chi connectivity index (χ0v) is 10.8. The molecule has 0 aliphatic carbocycles. The molecule has 0 bridgehead atoms. The summed E-state index contributed by atoms with van der Waals surface area (Å²) in [5.74, 6) is 0.319. The zero-order chi connectivity index (χ0) is 12.0. The van der Waals surface area contributed by atoms with Crippen molar-refractivity contribution in [3.05, 3.63) is 12.2 Å². The van der Waals surface area contributed by atoms with Crippen LogP contribution in [0, 0.1) is 0 Å². The Labute approximate surface area is 99.7 Å². The zero-order valence-electron chi connectivity index (χ0n) is 10.8. The van der Waals surface area contributed by atoms with Gasteiger partial charge in [-0.2, -0.15) is 0 Å². The van der Waals surface area contributed by atoms with Gasteiger partial charge in [0.25, 0.3) is 0 Å². The SMILES string of the molecule is C=C(CC)CN1CCCCCC1CC(C)=O. The van der Waals surface area contributed by atoms with Crippen LogP contribution in [0.25, 0.3) is 0 Å². The van der Waals surface area contributed by atoms with Crippen LogP contribution in [-0.2, 0) is 4.79 Å². The number of hydrogen-bond acceptors (Lipinski definition) is 2. The van der Waals surface area contributed by atoms with Gasteiger partial charge < -0.3 is 0 Å². The van der Waals surface area contributed by atoms with E-state index in [1.54, 1.807) is 6.92 Å². The van der Waals surface area contributed by atoms with Crippen LogP contribution in [0.5, 0.6) is 0 Å². The highest BCUT2D eigenvalue weighted by Gasteiger charge is 2.22. The average Bonchev–Trinajstić information content (AvgIpc) is 2.44. The number of carbonyl (C=O) groups is 1. The van der Waals surface area contributed by atoms with Gasteiger partial charge in [-0.25, -0.2) is 0 Å². The smallest absolute Gasteiger partial charge is 0.131 e. The molecule has 0 amide bonds. The lowest BCUT2D eigenvalue weighted by Crippen LogP contribution is -2.37. The predicted molar refractivity (Wildman–Crippen MR) is 68.6 cm³/mol. The topological polar surface area (TPSA) is 20.3 Å². The number of nitrogens with zero attached hydrogens (tertiary/aromatic N) is 1. The van der Waals surface area contributed by atoms with E-state index >= 15 is 0 Å². The van der Waals surface area contributed by atoms with Crippen molar-refractivity contribution >= 4 is 5.78 Å². The number of rotatable bonds is 5. The first kappa shape index (κ1) is 13.4. The van der Waals surface area contributed by atoms with E-state index in [2.05, 4.69) is 18.4 Å². The Morgan fingerprint density at radius 1 is 1.38 bits per heavy atom. The van der Waals surface area contributed by atoms with Crippen LogP contribution in [0.4, 0.5) is 0 Å². The minimum atomic E-state index is 0.319. The second kappa shape index (κ2) is 6.85. The molecule has 1 atom stereocenters. The van der Waals surface area contributed by atoms with E-state index in [1.807, 2.05) is 0 Å². The largest absolute Gasteiger partial charge is 0.300 e. The summed E-state index contributed by atoms with van der Waals surface area (Å²) in [7, 11) is 0. The minimum absolute atomic E-state index is 0.319. The molecule has 0 spiro atoms. The number of hydrogen-bond donors (Lipinski definition) is 0. The monoisotopic (exact) mass is 223 g/mol. The fourth-order valence-electron chi connectivity index (χ4n) is 2.41. The third kappa shape index (κ3) is 4.48. The molecular formula is C14H25NO. The van der Waals surface area contributed by atoms with Gasteiger partial charge in [-0.3, -0.25) is 9.69 Å². The summed E-state index contributed by atoms with van der Waals surface area (Å²) < 4.78 is 0. The van der Waals surface area contributed by atoms with Crippen LogP contribution in [-0.4, -0.2) is 29.8 Å². The third-order valence-electron chi connectivity index (χ3n) is 3.45. The maximum absolute atomic E-state index is 11.3. The fourth-order valence-corrected chi connectivity index (χ4v) is 2.41. The molecule has 16 heavy (non-hydrogen) atoms. The average molecular weight is 223 g/mol. The normalized spacial score (nSPS) is 22.8. The highest BCUT2D eigenvalue weighted by atomic mass is 16.1. The van der Waals surface area contributed by atoms with Crippen molar-refractivity contribution in [1.82, 2.24) is 4.90 Å². The number of ketones is 1. The number of likely N-dealkylation sites (tertiary alicyclic amines) is 1. The maximum atomic E-state index is 11.3. The Bertz CT molecular complexity index is 247. The molecule has 1 unspecified atom stereocenters. The first-order valence-electron chi connectivity index (χ1n) is 6.53. The van der Waals surface area contributed by atoms with Crippen molar-refractivity contribution in [3.63, 3.8) is 0 Å². The standard InChI is InChI=1S/C14H25NO/c1-4-12(2)11-15-9-7-5-6-8-14(15)10-13(3)16/h14H,2,4-11H2,1,3H3. The van der Waals surface area contributed by atoms with Gasteiger partial charge in [0.2, 0.25) is 0 Å². The van der Waals surface area contributed by atoms with E-state index in [0.717, 1.165) is 25.9 Å². The molecule has 0 aromatic rings. The van der Waals surface area contributed by atoms with Crippen LogP contribution in [0.15, 0.2) is 12.2 Å². The van der Waals surface area contributed by atoms with Crippen LogP contribution >= 0.6 is 0 Å². The maximum Gasteiger partial charge on any atom is 0.131 e. The predicted octanol–water partition coefficient (Wildman–Crippen LogP) is 3.18. The molecule has 2 heteroatoms. The van der Waals surface area contributed by atoms with E-state index in [9.17, 15) is 4.79 Å². The molecule has 0 aromatic carbocycles. The van der Waals surface area contributed by atoms with Crippen molar-refractivity contribution < 1.29 is 4.79 Å². The van der Waals surface area contributed by atoms with Crippen LogP contribution in [0.3, 0.4) is 0 Å². The Kier molecular flexibility index (Phi) is 5.75. The van der Waals surface area contributed by atoms with Gasteiger partial charge >= 0.3 is 0 Å². The molecule has 0 N–H and O–H groups in total. The van der Waals surface area contributed by atoms with Gasteiger partial charge in [-0.1, -0.05) is 31.9 Å². The summed E-state index contributed by atoms with van der Waals surface area (Å²) in [5.41, 5.74) is 1.29. The highest BCUT2D eigenvalue weighted by molar-refractivity contribution is 5.76. The van der Waals surface area contributed by atoms with Crippen LogP contribution < -0.4 is 0 Å². The first-order chi connectivity index (χ1) is 7.63. The summed E-state index contributed by atoms with van der Waals surface area (Å²) >= 11 is 0. The van der Waals surface area contributed by atoms with E-state index in [4.69, 9.17) is 0 Å². The lowest BCUT2D eigenvalue weighted by Gasteiger charge is -2.29. The van der Waals surface area contributed by atoms with Crippen molar-refractivity contribution in [2.24, 2.45) is 0 Å². The van der Waals surface area contributed by atoms with E-state index in [0.29, 0.717) is 11.8 Å². The molecular weight excluding hydrogens is 198 g/mol. The van der Waals surface area contributed by atoms with E-state index in [1.165, 1.54) is 31.3 Å². The number of Topliss-reactive ketones (excluding diaryl/α,β-unsaturated/α-hetero) is 1. The molecule has 2 nitrogen and oxygen atoms in total. The molecule has 1 aliphatic rings. The molecule has 1 aliphatic heterocycles. The molecule has 0 radical (unpaired) electrons. The summed E-state index contributed by atoms with van der Waals surface area (Å²) in [6, 6.07) is 0.461. The molecule has 1 saturated heterocycles. The Hall–Kier alpha value is -0.630. The molecule has 1 fully saturated rings. The molecule has 0 saturated carbocycles. The van der Waals surface area contributed by atoms with Gasteiger partial charge in [0.1, 0.15) is 5.78 Å². The van der Waals surface area contributed by atoms with Crippen LogP contribution in [0.2, 0.25) is 0 Å². The van der Waals surface area contributed by atoms with E-state index in [-0.39, 0.29) is 0 Å². The van der Waals surface area contributed by atoms with Crippen LogP contribution in [0.1, 0.15) is 52.4 Å². The Balaban J connectivity index is 2.57. The summed E-state index contributed by atoms with van der Waals surface area (Å²) in [4.78, 5) is 13.7. The van der Waals surface area contributed by atoms with Gasteiger partial charge in [0.05, 0.1) is 0 Å². The second-order valence-electron chi connectivity index (χ2n) is 4.98. The van der Waals surface area contributed by atoms with E-state index < -0.39 is 0 Å². The van der Waals surface area contributed by atoms with Crippen molar-refractivity contribution in [2.45, 2.75) is 58.4 Å². The summed E-state index contributed by atoms with van der Waals surface area (Å²) in [6.45, 7) is 10.1. The Morgan fingerprint density at radius 2 is 2.12 bits per heavy atom. The lowest BCUT2D eigenvalue weighted by molar-refractivity contribution is -0.118.